The molecule has 0 spiro atoms. The quantitative estimate of drug-likeness (QED) is 0.279. The highest BCUT2D eigenvalue weighted by Crippen LogP contribution is 2.47. The van der Waals surface area contributed by atoms with Gasteiger partial charge in [0.15, 0.2) is 0 Å². The summed E-state index contributed by atoms with van der Waals surface area (Å²) >= 11 is 0. The van der Waals surface area contributed by atoms with Crippen LogP contribution in [0.3, 0.4) is 0 Å². The van der Waals surface area contributed by atoms with Crippen molar-refractivity contribution >= 4 is 21.8 Å². The number of carbonyl (C=O) groups excluding carboxylic acids is 2. The van der Waals surface area contributed by atoms with Crippen molar-refractivity contribution in [3.63, 3.8) is 0 Å². The van der Waals surface area contributed by atoms with E-state index >= 15 is 0 Å². The third-order valence-corrected chi connectivity index (χ3v) is 9.01. The van der Waals surface area contributed by atoms with E-state index in [1.165, 1.54) is 0 Å². The number of allylic oxidation sites excluding steroid dienone is 1. The standard InChI is InChI=1S/C24H42N2O4S/c1-5-8-10-11-12-15-20-18-24(20,22(28)26-31(29,30)23(4)16-17-23)25-21(27)19(13-7-3)14-9-6-2/h12,15,19-20H,5-11,13-14,16-18H2,1-4H3,(H,25,27)(H,26,28)/b15-12-/t19?,20?,24-/m1/s1. The van der Waals surface area contributed by atoms with Gasteiger partial charge < -0.3 is 5.32 Å². The molecule has 0 aromatic heterocycles. The Bertz CT molecular complexity index is 758. The Balaban J connectivity index is 2.13. The molecule has 2 unspecified atom stereocenters. The largest absolute Gasteiger partial charge is 0.341 e. The van der Waals surface area contributed by atoms with E-state index in [4.69, 9.17) is 0 Å². The van der Waals surface area contributed by atoms with Gasteiger partial charge in [-0.3, -0.25) is 14.3 Å². The first-order chi connectivity index (χ1) is 14.7. The van der Waals surface area contributed by atoms with Crippen LogP contribution in [-0.2, 0) is 19.6 Å². The molecule has 0 heterocycles. The van der Waals surface area contributed by atoms with E-state index in [0.29, 0.717) is 19.3 Å². The van der Waals surface area contributed by atoms with E-state index in [-0.39, 0.29) is 17.7 Å². The zero-order valence-corrected chi connectivity index (χ0v) is 20.7. The Morgan fingerprint density at radius 3 is 2.29 bits per heavy atom. The van der Waals surface area contributed by atoms with Gasteiger partial charge in [-0.25, -0.2) is 8.42 Å². The van der Waals surface area contributed by atoms with Crippen LogP contribution in [0.2, 0.25) is 0 Å². The van der Waals surface area contributed by atoms with Gasteiger partial charge in [0.1, 0.15) is 5.54 Å². The lowest BCUT2D eigenvalue weighted by Gasteiger charge is -2.23. The molecule has 0 aromatic carbocycles. The molecule has 0 radical (unpaired) electrons. The van der Waals surface area contributed by atoms with Crippen molar-refractivity contribution in [3.05, 3.63) is 12.2 Å². The number of nitrogens with one attached hydrogen (secondary N) is 2. The smallest absolute Gasteiger partial charge is 0.259 e. The Hall–Kier alpha value is -1.37. The maximum absolute atomic E-state index is 13.2. The number of hydrogen-bond donors (Lipinski definition) is 2. The van der Waals surface area contributed by atoms with Crippen LogP contribution < -0.4 is 10.0 Å². The summed E-state index contributed by atoms with van der Waals surface area (Å²) in [5.74, 6) is -0.999. The molecule has 2 amide bonds. The predicted molar refractivity (Wildman–Crippen MR) is 125 cm³/mol. The van der Waals surface area contributed by atoms with Gasteiger partial charge in [0.05, 0.1) is 4.75 Å². The molecule has 3 atom stereocenters. The van der Waals surface area contributed by atoms with Gasteiger partial charge in [-0.05, 0) is 51.9 Å². The molecule has 31 heavy (non-hydrogen) atoms. The Labute approximate surface area is 189 Å². The number of unbranched alkanes of at least 4 members (excludes halogenated alkanes) is 4. The van der Waals surface area contributed by atoms with Crippen LogP contribution >= 0.6 is 0 Å². The molecule has 0 aliphatic heterocycles. The summed E-state index contributed by atoms with van der Waals surface area (Å²) in [5, 5.41) is 2.99. The maximum atomic E-state index is 13.2. The summed E-state index contributed by atoms with van der Waals surface area (Å²) in [6, 6.07) is 0. The Kier molecular flexibility index (Phi) is 9.16. The number of amides is 2. The van der Waals surface area contributed by atoms with Gasteiger partial charge in [0.2, 0.25) is 15.9 Å². The van der Waals surface area contributed by atoms with E-state index in [1.54, 1.807) is 6.92 Å². The summed E-state index contributed by atoms with van der Waals surface area (Å²) in [5.41, 5.74) is -1.14. The molecule has 0 saturated heterocycles. The monoisotopic (exact) mass is 454 g/mol. The molecule has 2 aliphatic rings. The lowest BCUT2D eigenvalue weighted by molar-refractivity contribution is -0.131. The van der Waals surface area contributed by atoms with Crippen LogP contribution in [0, 0.1) is 11.8 Å². The molecular weight excluding hydrogens is 412 g/mol. The third-order valence-electron chi connectivity index (χ3n) is 6.85. The average molecular weight is 455 g/mol. The summed E-state index contributed by atoms with van der Waals surface area (Å²) < 4.78 is 26.7. The summed E-state index contributed by atoms with van der Waals surface area (Å²) in [6.45, 7) is 7.96. The lowest BCUT2D eigenvalue weighted by Crippen LogP contribution is -2.54. The third kappa shape index (κ3) is 6.56. The predicted octanol–water partition coefficient (Wildman–Crippen LogP) is 4.60. The number of sulfonamides is 1. The van der Waals surface area contributed by atoms with Crippen LogP contribution in [0.1, 0.15) is 105 Å². The maximum Gasteiger partial charge on any atom is 0.259 e. The van der Waals surface area contributed by atoms with Crippen LogP contribution in [0.4, 0.5) is 0 Å². The van der Waals surface area contributed by atoms with E-state index < -0.39 is 26.2 Å². The first-order valence-electron chi connectivity index (χ1n) is 12.2. The van der Waals surface area contributed by atoms with Crippen molar-refractivity contribution in [1.82, 2.24) is 10.0 Å². The van der Waals surface area contributed by atoms with Crippen LogP contribution in [0.25, 0.3) is 0 Å². The molecule has 2 aliphatic carbocycles. The average Bonchev–Trinajstić information content (AvgIpc) is 3.62. The minimum atomic E-state index is -3.74. The van der Waals surface area contributed by atoms with Crippen molar-refractivity contribution in [1.29, 1.82) is 0 Å². The van der Waals surface area contributed by atoms with E-state index in [0.717, 1.165) is 57.8 Å². The van der Waals surface area contributed by atoms with Gasteiger partial charge in [-0.15, -0.1) is 0 Å². The highest BCUT2D eigenvalue weighted by Gasteiger charge is 2.62. The van der Waals surface area contributed by atoms with Crippen molar-refractivity contribution in [2.75, 3.05) is 0 Å². The summed E-state index contributed by atoms with van der Waals surface area (Å²) in [6.07, 6.45) is 14.4. The zero-order chi connectivity index (χ0) is 23.1. The second kappa shape index (κ2) is 11.0. The summed E-state index contributed by atoms with van der Waals surface area (Å²) in [7, 11) is -3.74. The molecule has 0 aromatic rings. The fraction of sp³-hybridized carbons (Fsp3) is 0.833. The molecule has 2 rings (SSSR count). The summed E-state index contributed by atoms with van der Waals surface area (Å²) in [4.78, 5) is 26.2. The molecule has 6 nitrogen and oxygen atoms in total. The van der Waals surface area contributed by atoms with E-state index in [9.17, 15) is 18.0 Å². The minimum absolute atomic E-state index is 0.123. The van der Waals surface area contributed by atoms with Crippen molar-refractivity contribution in [3.8, 4) is 0 Å². The van der Waals surface area contributed by atoms with Gasteiger partial charge in [-0.1, -0.05) is 65.0 Å². The zero-order valence-electron chi connectivity index (χ0n) is 19.8. The Morgan fingerprint density at radius 2 is 1.71 bits per heavy atom. The molecule has 0 bridgehead atoms. The number of carbonyl (C=O) groups is 2. The molecule has 2 N–H and O–H groups in total. The molecular formula is C24H42N2O4S. The molecule has 2 saturated carbocycles. The van der Waals surface area contributed by atoms with Crippen molar-refractivity contribution < 1.29 is 18.0 Å². The Morgan fingerprint density at radius 1 is 1.03 bits per heavy atom. The SMILES string of the molecule is CCCCC/C=C\C1C[C@]1(NC(=O)C(CCC)CCCC)C(=O)NS(=O)(=O)C1(C)CC1. The minimum Gasteiger partial charge on any atom is -0.341 e. The molecule has 178 valence electrons. The van der Waals surface area contributed by atoms with Crippen LogP contribution in [-0.4, -0.2) is 30.5 Å². The van der Waals surface area contributed by atoms with Gasteiger partial charge in [0, 0.05) is 11.8 Å². The normalized spacial score (nSPS) is 25.2. The lowest BCUT2D eigenvalue weighted by atomic mass is 9.95. The fourth-order valence-electron chi connectivity index (χ4n) is 4.06. The van der Waals surface area contributed by atoms with Crippen LogP contribution in [0.5, 0.6) is 0 Å². The first kappa shape index (κ1) is 25.9. The topological polar surface area (TPSA) is 92.3 Å². The number of hydrogen-bond acceptors (Lipinski definition) is 4. The van der Waals surface area contributed by atoms with Gasteiger partial charge >= 0.3 is 0 Å². The first-order valence-corrected chi connectivity index (χ1v) is 13.7. The second-order valence-corrected chi connectivity index (χ2v) is 11.9. The van der Waals surface area contributed by atoms with Crippen molar-refractivity contribution in [2.24, 2.45) is 11.8 Å². The van der Waals surface area contributed by atoms with Crippen LogP contribution in [0.15, 0.2) is 12.2 Å². The molecule has 2 fully saturated rings. The van der Waals surface area contributed by atoms with E-state index in [1.807, 2.05) is 6.08 Å². The highest BCUT2D eigenvalue weighted by molar-refractivity contribution is 7.91. The number of rotatable bonds is 15. The fourth-order valence-corrected chi connectivity index (χ4v) is 5.38. The highest BCUT2D eigenvalue weighted by atomic mass is 32.2. The van der Waals surface area contributed by atoms with Crippen molar-refractivity contribution in [2.45, 2.75) is 115 Å². The van der Waals surface area contributed by atoms with Gasteiger partial charge in [-0.2, -0.15) is 0 Å². The second-order valence-electron chi connectivity index (χ2n) is 9.71. The van der Waals surface area contributed by atoms with E-state index in [2.05, 4.69) is 36.9 Å². The molecule has 7 heteroatoms. The van der Waals surface area contributed by atoms with Gasteiger partial charge in [0.25, 0.3) is 5.91 Å².